The molecular weight excluding hydrogens is 440 g/mol. The Balaban J connectivity index is 1.83. The summed E-state index contributed by atoms with van der Waals surface area (Å²) in [5.74, 6) is -1.36. The van der Waals surface area contributed by atoms with E-state index in [9.17, 15) is 22.8 Å². The van der Waals surface area contributed by atoms with Crippen LogP contribution in [0.2, 0.25) is 0 Å². The minimum atomic E-state index is -3.22. The van der Waals surface area contributed by atoms with Gasteiger partial charge in [-0.05, 0) is 31.7 Å². The molecule has 1 unspecified atom stereocenters. The molecule has 0 radical (unpaired) electrons. The first-order chi connectivity index (χ1) is 14.4. The maximum atomic E-state index is 13.0. The number of nitrogens with one attached hydrogen (secondary N) is 1. The number of likely N-dealkylation sites (tertiary alicyclic amines) is 1. The summed E-state index contributed by atoms with van der Waals surface area (Å²) >= 11 is 1.13. The molecule has 2 amide bonds. The predicted molar refractivity (Wildman–Crippen MR) is 119 cm³/mol. The highest BCUT2D eigenvalue weighted by Gasteiger charge is 2.36. The molecule has 3 rings (SSSR count). The third kappa shape index (κ3) is 5.28. The highest BCUT2D eigenvalue weighted by Crippen LogP contribution is 2.39. The molecule has 1 aromatic heterocycles. The normalized spacial score (nSPS) is 20.6. The summed E-state index contributed by atoms with van der Waals surface area (Å²) in [6, 6.07) is 0. The summed E-state index contributed by atoms with van der Waals surface area (Å²) < 4.78 is 29.3. The van der Waals surface area contributed by atoms with Gasteiger partial charge in [0.25, 0.3) is 0 Å². The number of anilines is 1. The number of rotatable bonds is 4. The number of fused-ring (bicyclic) bond motifs is 1. The molecule has 0 aromatic carbocycles. The van der Waals surface area contributed by atoms with Gasteiger partial charge in [-0.2, -0.15) is 0 Å². The number of hydrogen-bond acceptors (Lipinski definition) is 7. The van der Waals surface area contributed by atoms with Gasteiger partial charge in [0.1, 0.15) is 5.00 Å². The van der Waals surface area contributed by atoms with Crippen molar-refractivity contribution in [2.24, 2.45) is 11.3 Å². The van der Waals surface area contributed by atoms with E-state index >= 15 is 0 Å². The summed E-state index contributed by atoms with van der Waals surface area (Å²) in [7, 11) is -3.22. The molecule has 0 saturated carbocycles. The zero-order valence-corrected chi connectivity index (χ0v) is 20.1. The number of hydrogen-bond donors (Lipinski definition) is 1. The van der Waals surface area contributed by atoms with Gasteiger partial charge < -0.3 is 15.0 Å². The largest absolute Gasteiger partial charge is 0.462 e. The first-order valence-electron chi connectivity index (χ1n) is 10.5. The fourth-order valence-electron chi connectivity index (χ4n) is 3.99. The molecule has 2 aliphatic heterocycles. The lowest BCUT2D eigenvalue weighted by Crippen LogP contribution is -2.47. The van der Waals surface area contributed by atoms with Gasteiger partial charge in [-0.25, -0.2) is 13.2 Å². The average Bonchev–Trinajstić information content (AvgIpc) is 3.02. The second-order valence-electron chi connectivity index (χ2n) is 9.10. The lowest BCUT2D eigenvalue weighted by molar-refractivity contribution is -0.142. The number of piperidine rings is 1. The van der Waals surface area contributed by atoms with Crippen molar-refractivity contribution in [1.29, 1.82) is 0 Å². The minimum absolute atomic E-state index is 0.00834. The van der Waals surface area contributed by atoms with Gasteiger partial charge in [-0.15, -0.1) is 11.3 Å². The molecule has 31 heavy (non-hydrogen) atoms. The number of sulfone groups is 1. The van der Waals surface area contributed by atoms with E-state index in [4.69, 9.17) is 4.74 Å². The van der Waals surface area contributed by atoms with Crippen LogP contribution in [-0.2, 0) is 36.3 Å². The lowest BCUT2D eigenvalue weighted by Gasteiger charge is -2.35. The molecule has 3 heterocycles. The molecule has 10 heteroatoms. The van der Waals surface area contributed by atoms with Gasteiger partial charge in [0.15, 0.2) is 9.84 Å². The van der Waals surface area contributed by atoms with Crippen molar-refractivity contribution in [1.82, 2.24) is 4.90 Å². The van der Waals surface area contributed by atoms with Crippen LogP contribution < -0.4 is 5.32 Å². The smallest absolute Gasteiger partial charge is 0.341 e. The molecule has 0 aliphatic carbocycles. The number of carbonyl (C=O) groups excluding carboxylic acids is 3. The Morgan fingerprint density at radius 2 is 1.97 bits per heavy atom. The monoisotopic (exact) mass is 470 g/mol. The van der Waals surface area contributed by atoms with E-state index in [1.807, 2.05) is 20.8 Å². The summed E-state index contributed by atoms with van der Waals surface area (Å²) in [5.41, 5.74) is 0.401. The van der Waals surface area contributed by atoms with Crippen LogP contribution in [0.3, 0.4) is 0 Å². The molecule has 8 nitrogen and oxygen atoms in total. The van der Waals surface area contributed by atoms with E-state index in [1.165, 1.54) is 0 Å². The van der Waals surface area contributed by atoms with Crippen molar-refractivity contribution < 1.29 is 27.5 Å². The fraction of sp³-hybridized carbons (Fsp3) is 0.667. The zero-order valence-electron chi connectivity index (χ0n) is 18.4. The molecule has 1 atom stereocenters. The summed E-state index contributed by atoms with van der Waals surface area (Å²) in [6.45, 7) is 8.40. The third-order valence-corrected chi connectivity index (χ3v) is 8.43. The molecular formula is C21H30N2O6S2. The van der Waals surface area contributed by atoms with E-state index in [1.54, 1.807) is 11.8 Å². The Hall–Kier alpha value is -1.94. The van der Waals surface area contributed by atoms with Gasteiger partial charge in [0, 0.05) is 23.4 Å². The van der Waals surface area contributed by atoms with Crippen LogP contribution in [0.4, 0.5) is 5.00 Å². The van der Waals surface area contributed by atoms with E-state index in [-0.39, 0.29) is 41.9 Å². The second-order valence-corrected chi connectivity index (χ2v) is 12.4. The minimum Gasteiger partial charge on any atom is -0.462 e. The molecule has 1 saturated heterocycles. The van der Waals surface area contributed by atoms with Gasteiger partial charge in [0.2, 0.25) is 11.8 Å². The molecule has 1 fully saturated rings. The first-order valence-corrected chi connectivity index (χ1v) is 13.2. The quantitative estimate of drug-likeness (QED) is 0.678. The Bertz CT molecular complexity index is 990. The van der Waals surface area contributed by atoms with E-state index in [2.05, 4.69) is 5.32 Å². The zero-order chi connectivity index (χ0) is 23.0. The van der Waals surface area contributed by atoms with Crippen LogP contribution in [0.25, 0.3) is 0 Å². The molecule has 0 bridgehead atoms. The standard InChI is InChI=1S/C21H30N2O6S2/c1-5-29-19(25)16-14-8-10-31(27,28)12-15(14)30-18(16)22-17(24)13-7-6-9-23(11-13)20(26)21(2,3)4/h13H,5-12H2,1-4H3,(H,22,24). The van der Waals surface area contributed by atoms with Gasteiger partial charge in [-0.3, -0.25) is 9.59 Å². The molecule has 1 aromatic rings. The van der Waals surface area contributed by atoms with Crippen molar-refractivity contribution in [2.45, 2.75) is 52.7 Å². The van der Waals surface area contributed by atoms with Gasteiger partial charge >= 0.3 is 5.97 Å². The third-order valence-electron chi connectivity index (χ3n) is 5.54. The number of amides is 2. The molecule has 0 spiro atoms. The molecule has 2 aliphatic rings. The van der Waals surface area contributed by atoms with Crippen molar-refractivity contribution in [2.75, 3.05) is 30.8 Å². The fourth-order valence-corrected chi connectivity index (χ4v) is 7.04. The van der Waals surface area contributed by atoms with Crippen LogP contribution in [0.15, 0.2) is 0 Å². The van der Waals surface area contributed by atoms with E-state index in [0.29, 0.717) is 35.0 Å². The summed E-state index contributed by atoms with van der Waals surface area (Å²) in [5, 5.41) is 3.19. The second kappa shape index (κ2) is 8.90. The Labute approximate surface area is 187 Å². The topological polar surface area (TPSA) is 110 Å². The average molecular weight is 471 g/mol. The summed E-state index contributed by atoms with van der Waals surface area (Å²) in [6.07, 6.45) is 1.60. The predicted octanol–water partition coefficient (Wildman–Crippen LogP) is 2.62. The SMILES string of the molecule is CCOC(=O)c1c(NC(=O)C2CCCN(C(=O)C(C)(C)C)C2)sc2c1CCS(=O)(=O)C2. The van der Waals surface area contributed by atoms with Crippen LogP contribution in [0.1, 0.15) is 61.3 Å². The van der Waals surface area contributed by atoms with Crippen molar-refractivity contribution >= 4 is 44.0 Å². The van der Waals surface area contributed by atoms with Crippen molar-refractivity contribution in [3.8, 4) is 0 Å². The van der Waals surface area contributed by atoms with E-state index in [0.717, 1.165) is 17.8 Å². The maximum absolute atomic E-state index is 13.0. The number of esters is 1. The van der Waals surface area contributed by atoms with Gasteiger partial charge in [0.05, 0.1) is 29.6 Å². The molecule has 172 valence electrons. The van der Waals surface area contributed by atoms with Crippen LogP contribution in [0, 0.1) is 11.3 Å². The number of thiophene rings is 1. The Kier molecular flexibility index (Phi) is 6.81. The van der Waals surface area contributed by atoms with Crippen molar-refractivity contribution in [3.05, 3.63) is 16.0 Å². The molecule has 1 N–H and O–H groups in total. The number of ether oxygens (including phenoxy) is 1. The van der Waals surface area contributed by atoms with Crippen molar-refractivity contribution in [3.63, 3.8) is 0 Å². The lowest BCUT2D eigenvalue weighted by atomic mass is 9.91. The summed E-state index contributed by atoms with van der Waals surface area (Å²) in [4.78, 5) is 40.6. The number of carbonyl (C=O) groups is 3. The highest BCUT2D eigenvalue weighted by atomic mass is 32.2. The van der Waals surface area contributed by atoms with E-state index < -0.39 is 27.1 Å². The highest BCUT2D eigenvalue weighted by molar-refractivity contribution is 7.90. The Morgan fingerprint density at radius 3 is 2.61 bits per heavy atom. The number of nitrogens with zero attached hydrogens (tertiary/aromatic N) is 1. The first kappa shape index (κ1) is 23.7. The van der Waals surface area contributed by atoms with Crippen LogP contribution >= 0.6 is 11.3 Å². The van der Waals surface area contributed by atoms with Crippen LogP contribution in [0.5, 0.6) is 0 Å². The van der Waals surface area contributed by atoms with Crippen LogP contribution in [-0.4, -0.2) is 56.6 Å². The van der Waals surface area contributed by atoms with Gasteiger partial charge in [-0.1, -0.05) is 20.8 Å². The Morgan fingerprint density at radius 1 is 1.26 bits per heavy atom. The maximum Gasteiger partial charge on any atom is 0.341 e.